The van der Waals surface area contributed by atoms with Gasteiger partial charge in [0.15, 0.2) is 0 Å². The van der Waals surface area contributed by atoms with Gasteiger partial charge in [-0.3, -0.25) is 4.79 Å². The van der Waals surface area contributed by atoms with Gasteiger partial charge in [-0.15, -0.1) is 0 Å². The molecule has 0 aromatic carbocycles. The highest BCUT2D eigenvalue weighted by atomic mass is 32.1. The van der Waals surface area contributed by atoms with Crippen LogP contribution < -0.4 is 11.1 Å². The van der Waals surface area contributed by atoms with Crippen LogP contribution in [0.1, 0.15) is 51.9 Å². The van der Waals surface area contributed by atoms with Crippen molar-refractivity contribution in [3.63, 3.8) is 0 Å². The van der Waals surface area contributed by atoms with Gasteiger partial charge in [-0.25, -0.2) is 0 Å². The molecule has 3 nitrogen and oxygen atoms in total. The molecule has 1 aliphatic carbocycles. The normalized spacial score (nSPS) is 19.8. The second kappa shape index (κ2) is 6.84. The lowest BCUT2D eigenvalue weighted by atomic mass is 9.99. The van der Waals surface area contributed by atoms with E-state index in [0.29, 0.717) is 11.4 Å². The Labute approximate surface area is 103 Å². The van der Waals surface area contributed by atoms with Gasteiger partial charge in [-0.05, 0) is 19.8 Å². The molecule has 0 heterocycles. The molecule has 92 valence electrons. The minimum absolute atomic E-state index is 0.0632. The third-order valence-electron chi connectivity index (χ3n) is 3.12. The summed E-state index contributed by atoms with van der Waals surface area (Å²) in [5.41, 5.74) is 5.45. The molecule has 3 N–H and O–H groups in total. The summed E-state index contributed by atoms with van der Waals surface area (Å²) < 4.78 is 0. The van der Waals surface area contributed by atoms with Gasteiger partial charge in [0.05, 0.1) is 4.99 Å². The van der Waals surface area contributed by atoms with E-state index in [9.17, 15) is 4.79 Å². The maximum atomic E-state index is 11.9. The third kappa shape index (κ3) is 4.92. The Morgan fingerprint density at radius 2 is 1.94 bits per heavy atom. The zero-order valence-electron chi connectivity index (χ0n) is 10.00. The number of amides is 1. The summed E-state index contributed by atoms with van der Waals surface area (Å²) in [6.45, 7) is 1.95. The molecule has 0 saturated heterocycles. The first-order valence-electron chi connectivity index (χ1n) is 6.18. The van der Waals surface area contributed by atoms with Crippen LogP contribution in [0, 0.1) is 5.92 Å². The van der Waals surface area contributed by atoms with Crippen molar-refractivity contribution >= 4 is 23.1 Å². The summed E-state index contributed by atoms with van der Waals surface area (Å²) in [6, 6.07) is 0.0632. The predicted octanol–water partition coefficient (Wildman–Crippen LogP) is 2.14. The molecule has 0 aromatic rings. The van der Waals surface area contributed by atoms with Crippen LogP contribution in [-0.2, 0) is 4.79 Å². The Morgan fingerprint density at radius 1 is 1.38 bits per heavy atom. The molecule has 1 rings (SSSR count). The van der Waals surface area contributed by atoms with E-state index in [-0.39, 0.29) is 17.9 Å². The summed E-state index contributed by atoms with van der Waals surface area (Å²) in [5.74, 6) is 0.391. The van der Waals surface area contributed by atoms with Gasteiger partial charge < -0.3 is 11.1 Å². The zero-order valence-corrected chi connectivity index (χ0v) is 10.8. The van der Waals surface area contributed by atoms with Crippen molar-refractivity contribution in [3.8, 4) is 0 Å². The SMILES string of the molecule is CC(CC(N)=S)NC(=O)C1CCCCCC1. The van der Waals surface area contributed by atoms with Crippen molar-refractivity contribution in [1.29, 1.82) is 0 Å². The Bertz CT molecular complexity index is 247. The fraction of sp³-hybridized carbons (Fsp3) is 0.833. The second-order valence-corrected chi connectivity index (χ2v) is 5.29. The highest BCUT2D eigenvalue weighted by Gasteiger charge is 2.21. The van der Waals surface area contributed by atoms with Crippen molar-refractivity contribution in [1.82, 2.24) is 5.32 Å². The molecule has 1 saturated carbocycles. The fourth-order valence-electron chi connectivity index (χ4n) is 2.26. The second-order valence-electron chi connectivity index (χ2n) is 4.77. The molecule has 0 radical (unpaired) electrons. The maximum Gasteiger partial charge on any atom is 0.223 e. The van der Waals surface area contributed by atoms with E-state index in [1.807, 2.05) is 6.92 Å². The topological polar surface area (TPSA) is 55.1 Å². The standard InChI is InChI=1S/C12H22N2OS/c1-9(8-11(13)16)14-12(15)10-6-4-2-3-5-7-10/h9-10H,2-8H2,1H3,(H2,13,16)(H,14,15). The first-order valence-corrected chi connectivity index (χ1v) is 6.59. The number of nitrogens with one attached hydrogen (secondary N) is 1. The van der Waals surface area contributed by atoms with Crippen molar-refractivity contribution < 1.29 is 4.79 Å². The molecule has 4 heteroatoms. The van der Waals surface area contributed by atoms with E-state index < -0.39 is 0 Å². The number of nitrogens with two attached hydrogens (primary N) is 1. The molecule has 0 bridgehead atoms. The van der Waals surface area contributed by atoms with E-state index in [4.69, 9.17) is 18.0 Å². The number of thiocarbonyl (C=S) groups is 1. The summed E-state index contributed by atoms with van der Waals surface area (Å²) in [5, 5.41) is 3.00. The van der Waals surface area contributed by atoms with Gasteiger partial charge >= 0.3 is 0 Å². The molecule has 0 aliphatic heterocycles. The third-order valence-corrected chi connectivity index (χ3v) is 3.29. The lowest BCUT2D eigenvalue weighted by molar-refractivity contribution is -0.125. The molecular formula is C12H22N2OS. The number of carbonyl (C=O) groups is 1. The molecule has 0 spiro atoms. The van der Waals surface area contributed by atoms with Crippen LogP contribution in [0.5, 0.6) is 0 Å². The Hall–Kier alpha value is -0.640. The van der Waals surface area contributed by atoms with E-state index in [0.717, 1.165) is 12.8 Å². The average Bonchev–Trinajstić information content (AvgIpc) is 2.43. The summed E-state index contributed by atoms with van der Waals surface area (Å²) >= 11 is 4.83. The van der Waals surface area contributed by atoms with Crippen molar-refractivity contribution in [2.24, 2.45) is 11.7 Å². The zero-order chi connectivity index (χ0) is 12.0. The first-order chi connectivity index (χ1) is 7.59. The van der Waals surface area contributed by atoms with Gasteiger partial charge in [0.2, 0.25) is 5.91 Å². The fourth-order valence-corrected chi connectivity index (χ4v) is 2.51. The van der Waals surface area contributed by atoms with Gasteiger partial charge in [-0.2, -0.15) is 0 Å². The first kappa shape index (κ1) is 13.4. The predicted molar refractivity (Wildman–Crippen MR) is 70.2 cm³/mol. The Kier molecular flexibility index (Phi) is 5.74. The van der Waals surface area contributed by atoms with E-state index in [1.54, 1.807) is 0 Å². The molecule has 1 atom stereocenters. The minimum atomic E-state index is 0.0632. The highest BCUT2D eigenvalue weighted by molar-refractivity contribution is 7.80. The Morgan fingerprint density at radius 3 is 2.44 bits per heavy atom. The maximum absolute atomic E-state index is 11.9. The van der Waals surface area contributed by atoms with Crippen LogP contribution in [0.3, 0.4) is 0 Å². The van der Waals surface area contributed by atoms with Gasteiger partial charge in [0.1, 0.15) is 0 Å². The lowest BCUT2D eigenvalue weighted by Gasteiger charge is -2.18. The average molecular weight is 242 g/mol. The van der Waals surface area contributed by atoms with Crippen molar-refractivity contribution in [2.45, 2.75) is 57.9 Å². The molecule has 1 amide bonds. The Balaban J connectivity index is 2.34. The van der Waals surface area contributed by atoms with Crippen LogP contribution in [0.4, 0.5) is 0 Å². The van der Waals surface area contributed by atoms with Gasteiger partial charge in [0.25, 0.3) is 0 Å². The molecule has 0 aromatic heterocycles. The number of rotatable bonds is 4. The smallest absolute Gasteiger partial charge is 0.223 e. The number of carbonyl (C=O) groups excluding carboxylic acids is 1. The molecule has 1 unspecified atom stereocenters. The molecule has 16 heavy (non-hydrogen) atoms. The lowest BCUT2D eigenvalue weighted by Crippen LogP contribution is -2.39. The van der Waals surface area contributed by atoms with Crippen LogP contribution in [0.25, 0.3) is 0 Å². The quantitative estimate of drug-likeness (QED) is 0.586. The molecular weight excluding hydrogens is 220 g/mol. The van der Waals surface area contributed by atoms with Crippen molar-refractivity contribution in [3.05, 3.63) is 0 Å². The molecule has 1 aliphatic rings. The van der Waals surface area contributed by atoms with Crippen LogP contribution in [-0.4, -0.2) is 16.9 Å². The van der Waals surface area contributed by atoms with E-state index in [1.165, 1.54) is 25.7 Å². The summed E-state index contributed by atoms with van der Waals surface area (Å²) in [7, 11) is 0. The number of hydrogen-bond acceptors (Lipinski definition) is 2. The van der Waals surface area contributed by atoms with Crippen LogP contribution in [0.2, 0.25) is 0 Å². The summed E-state index contributed by atoms with van der Waals surface area (Å²) in [6.07, 6.45) is 7.56. The largest absolute Gasteiger partial charge is 0.393 e. The minimum Gasteiger partial charge on any atom is -0.393 e. The van der Waals surface area contributed by atoms with Gasteiger partial charge in [0, 0.05) is 18.4 Å². The summed E-state index contributed by atoms with van der Waals surface area (Å²) in [4.78, 5) is 12.4. The van der Waals surface area contributed by atoms with Crippen LogP contribution in [0.15, 0.2) is 0 Å². The highest BCUT2D eigenvalue weighted by Crippen LogP contribution is 2.22. The molecule has 1 fully saturated rings. The van der Waals surface area contributed by atoms with Crippen molar-refractivity contribution in [2.75, 3.05) is 0 Å². The van der Waals surface area contributed by atoms with E-state index >= 15 is 0 Å². The van der Waals surface area contributed by atoms with E-state index in [2.05, 4.69) is 5.32 Å². The number of hydrogen-bond donors (Lipinski definition) is 2. The monoisotopic (exact) mass is 242 g/mol. The van der Waals surface area contributed by atoms with Gasteiger partial charge in [-0.1, -0.05) is 37.9 Å². The van der Waals surface area contributed by atoms with Crippen LogP contribution >= 0.6 is 12.2 Å².